The minimum atomic E-state index is -2.84. The Balaban J connectivity index is 1.67. The van der Waals surface area contributed by atoms with Gasteiger partial charge < -0.3 is 9.67 Å². The van der Waals surface area contributed by atoms with Gasteiger partial charge in [-0.1, -0.05) is 0 Å². The molecule has 0 radical (unpaired) electrons. The van der Waals surface area contributed by atoms with Gasteiger partial charge in [0, 0.05) is 19.4 Å². The third-order valence-corrected chi connectivity index (χ3v) is 6.24. The molecular weight excluding hydrogens is 294 g/mol. The first-order chi connectivity index (χ1) is 9.94. The number of carboxylic acids is 1. The molecule has 2 aliphatic rings. The number of carbonyl (C=O) groups is 1. The van der Waals surface area contributed by atoms with Gasteiger partial charge in [-0.3, -0.25) is 4.79 Å². The Morgan fingerprint density at radius 2 is 1.95 bits per heavy atom. The summed E-state index contributed by atoms with van der Waals surface area (Å²) >= 11 is 0. The van der Waals surface area contributed by atoms with Gasteiger partial charge in [0.2, 0.25) is 0 Å². The quantitative estimate of drug-likeness (QED) is 0.860. The van der Waals surface area contributed by atoms with Gasteiger partial charge in [-0.25, -0.2) is 8.42 Å². The zero-order valence-electron chi connectivity index (χ0n) is 11.7. The van der Waals surface area contributed by atoms with Crippen molar-refractivity contribution in [2.45, 2.75) is 38.6 Å². The van der Waals surface area contributed by atoms with Gasteiger partial charge in [0.25, 0.3) is 0 Å². The average molecular weight is 313 g/mol. The van der Waals surface area contributed by atoms with E-state index >= 15 is 0 Å². The van der Waals surface area contributed by atoms with E-state index in [0.29, 0.717) is 38.1 Å². The first-order valence-corrected chi connectivity index (χ1v) is 9.11. The minimum absolute atomic E-state index is 0.264. The lowest BCUT2D eigenvalue weighted by atomic mass is 9.96. The fourth-order valence-corrected chi connectivity index (χ4v) is 4.74. The van der Waals surface area contributed by atoms with Crippen LogP contribution < -0.4 is 0 Å². The first-order valence-electron chi connectivity index (χ1n) is 7.29. The van der Waals surface area contributed by atoms with Crippen LogP contribution in [0.4, 0.5) is 0 Å². The van der Waals surface area contributed by atoms with E-state index in [1.165, 1.54) is 0 Å². The van der Waals surface area contributed by atoms with Crippen molar-refractivity contribution < 1.29 is 18.3 Å². The number of aromatic nitrogens is 3. The molecule has 21 heavy (non-hydrogen) atoms. The minimum Gasteiger partial charge on any atom is -0.481 e. The van der Waals surface area contributed by atoms with Gasteiger partial charge in [-0.2, -0.15) is 0 Å². The van der Waals surface area contributed by atoms with E-state index in [9.17, 15) is 13.2 Å². The summed E-state index contributed by atoms with van der Waals surface area (Å²) in [5, 5.41) is 17.4. The summed E-state index contributed by atoms with van der Waals surface area (Å²) in [5.41, 5.74) is 0. The van der Waals surface area contributed by atoms with E-state index in [2.05, 4.69) is 10.2 Å². The molecule has 1 fully saturated rings. The Labute approximate surface area is 123 Å². The lowest BCUT2D eigenvalue weighted by molar-refractivity contribution is -0.142. The molecule has 3 heterocycles. The summed E-state index contributed by atoms with van der Waals surface area (Å²) in [5.74, 6) is 1.33. The van der Waals surface area contributed by atoms with Gasteiger partial charge in [-0.05, 0) is 25.2 Å². The number of carboxylic acid groups (broad SMARTS) is 1. The third-order valence-electron chi connectivity index (χ3n) is 4.53. The highest BCUT2D eigenvalue weighted by Gasteiger charge is 2.29. The van der Waals surface area contributed by atoms with E-state index in [-0.39, 0.29) is 17.4 Å². The molecule has 8 heteroatoms. The van der Waals surface area contributed by atoms with Crippen LogP contribution in [0.15, 0.2) is 0 Å². The highest BCUT2D eigenvalue weighted by Crippen LogP contribution is 2.25. The second-order valence-electron chi connectivity index (χ2n) is 6.01. The Hall–Kier alpha value is -1.44. The van der Waals surface area contributed by atoms with E-state index < -0.39 is 15.8 Å². The number of hydrogen-bond acceptors (Lipinski definition) is 5. The van der Waals surface area contributed by atoms with Crippen LogP contribution in [0.25, 0.3) is 0 Å². The molecule has 0 aromatic carbocycles. The lowest BCUT2D eigenvalue weighted by Crippen LogP contribution is -2.28. The fraction of sp³-hybridized carbons (Fsp3) is 0.769. The van der Waals surface area contributed by atoms with Crippen LogP contribution in [0, 0.1) is 11.8 Å². The fourth-order valence-electron chi connectivity index (χ4n) is 3.15. The molecule has 1 unspecified atom stereocenters. The highest BCUT2D eigenvalue weighted by molar-refractivity contribution is 7.91. The van der Waals surface area contributed by atoms with Crippen LogP contribution in [0.5, 0.6) is 0 Å². The van der Waals surface area contributed by atoms with Crippen molar-refractivity contribution in [3.63, 3.8) is 0 Å². The SMILES string of the molecule is O=C(O)C1CCn2c(CC3CCS(=O)(=O)CC3)nnc2C1. The predicted molar refractivity (Wildman–Crippen MR) is 74.6 cm³/mol. The number of aliphatic carboxylic acids is 1. The standard InChI is InChI=1S/C13H19N3O4S/c17-13(18)10-1-4-16-11(14-15-12(16)8-10)7-9-2-5-21(19,20)6-3-9/h9-10H,1-8H2,(H,17,18). The molecule has 2 aliphatic heterocycles. The molecule has 3 rings (SSSR count). The molecule has 7 nitrogen and oxygen atoms in total. The maximum atomic E-state index is 11.4. The van der Waals surface area contributed by atoms with E-state index in [0.717, 1.165) is 18.1 Å². The Bertz CT molecular complexity index is 638. The summed E-state index contributed by atoms with van der Waals surface area (Å²) in [6.07, 6.45) is 3.14. The first kappa shape index (κ1) is 14.5. The molecule has 0 bridgehead atoms. The maximum absolute atomic E-state index is 11.4. The zero-order valence-corrected chi connectivity index (χ0v) is 12.5. The van der Waals surface area contributed by atoms with Crippen LogP contribution in [0.2, 0.25) is 0 Å². The second kappa shape index (κ2) is 5.40. The average Bonchev–Trinajstić information content (AvgIpc) is 2.83. The van der Waals surface area contributed by atoms with Crippen molar-refractivity contribution in [3.8, 4) is 0 Å². The molecule has 0 amide bonds. The van der Waals surface area contributed by atoms with Crippen LogP contribution in [0.3, 0.4) is 0 Å². The number of hydrogen-bond donors (Lipinski definition) is 1. The summed E-state index contributed by atoms with van der Waals surface area (Å²) < 4.78 is 24.9. The van der Waals surface area contributed by atoms with Crippen LogP contribution in [-0.4, -0.2) is 45.8 Å². The largest absolute Gasteiger partial charge is 0.481 e. The summed E-state index contributed by atoms with van der Waals surface area (Å²) in [4.78, 5) is 11.0. The summed E-state index contributed by atoms with van der Waals surface area (Å²) in [6, 6.07) is 0. The van der Waals surface area contributed by atoms with Gasteiger partial charge in [-0.15, -0.1) is 10.2 Å². The van der Waals surface area contributed by atoms with Crippen molar-refractivity contribution in [2.75, 3.05) is 11.5 Å². The number of nitrogens with zero attached hydrogens (tertiary/aromatic N) is 3. The van der Waals surface area contributed by atoms with Crippen molar-refractivity contribution in [2.24, 2.45) is 11.8 Å². The Morgan fingerprint density at radius 3 is 2.62 bits per heavy atom. The van der Waals surface area contributed by atoms with Gasteiger partial charge in [0.05, 0.1) is 17.4 Å². The predicted octanol–water partition coefficient (Wildman–Crippen LogP) is 0.292. The third kappa shape index (κ3) is 3.09. The van der Waals surface area contributed by atoms with Crippen molar-refractivity contribution in [3.05, 3.63) is 11.6 Å². The number of rotatable bonds is 3. The van der Waals surface area contributed by atoms with Crippen molar-refractivity contribution in [1.82, 2.24) is 14.8 Å². The van der Waals surface area contributed by atoms with Crippen LogP contribution in [0.1, 0.15) is 30.9 Å². The molecule has 116 valence electrons. The Morgan fingerprint density at radius 1 is 1.24 bits per heavy atom. The summed E-state index contributed by atoms with van der Waals surface area (Å²) in [6.45, 7) is 0.639. The molecular formula is C13H19N3O4S. The Kier molecular flexibility index (Phi) is 3.73. The topological polar surface area (TPSA) is 102 Å². The molecule has 1 aromatic heterocycles. The van der Waals surface area contributed by atoms with E-state index in [1.54, 1.807) is 0 Å². The van der Waals surface area contributed by atoms with Crippen LogP contribution >= 0.6 is 0 Å². The monoisotopic (exact) mass is 313 g/mol. The molecule has 1 N–H and O–H groups in total. The van der Waals surface area contributed by atoms with E-state index in [4.69, 9.17) is 5.11 Å². The van der Waals surface area contributed by atoms with Crippen LogP contribution in [-0.2, 0) is 34.0 Å². The maximum Gasteiger partial charge on any atom is 0.307 e. The smallest absolute Gasteiger partial charge is 0.307 e. The molecule has 0 saturated carbocycles. The lowest BCUT2D eigenvalue weighted by Gasteiger charge is -2.24. The molecule has 1 atom stereocenters. The molecule has 0 aliphatic carbocycles. The van der Waals surface area contributed by atoms with Crippen molar-refractivity contribution in [1.29, 1.82) is 0 Å². The van der Waals surface area contributed by atoms with E-state index in [1.807, 2.05) is 4.57 Å². The zero-order chi connectivity index (χ0) is 15.0. The van der Waals surface area contributed by atoms with Gasteiger partial charge in [0.15, 0.2) is 0 Å². The highest BCUT2D eigenvalue weighted by atomic mass is 32.2. The number of sulfone groups is 1. The van der Waals surface area contributed by atoms with Gasteiger partial charge in [0.1, 0.15) is 21.5 Å². The second-order valence-corrected chi connectivity index (χ2v) is 8.32. The summed E-state index contributed by atoms with van der Waals surface area (Å²) in [7, 11) is -2.84. The normalized spacial score (nSPS) is 25.4. The number of fused-ring (bicyclic) bond motifs is 1. The molecule has 1 saturated heterocycles. The molecule has 0 spiro atoms. The van der Waals surface area contributed by atoms with Gasteiger partial charge >= 0.3 is 5.97 Å². The molecule has 1 aromatic rings. The van der Waals surface area contributed by atoms with Crippen molar-refractivity contribution >= 4 is 15.8 Å².